The molecule has 1 saturated heterocycles. The Morgan fingerprint density at radius 1 is 1.25 bits per heavy atom. The van der Waals surface area contributed by atoms with E-state index >= 15 is 0 Å². The lowest BCUT2D eigenvalue weighted by Crippen LogP contribution is -2.39. The number of aryl methyl sites for hydroxylation is 1. The second kappa shape index (κ2) is 7.80. The van der Waals surface area contributed by atoms with Crippen molar-refractivity contribution in [2.24, 2.45) is 0 Å². The summed E-state index contributed by atoms with van der Waals surface area (Å²) in [4.78, 5) is 18.9. The van der Waals surface area contributed by atoms with E-state index in [9.17, 15) is 9.18 Å². The van der Waals surface area contributed by atoms with Gasteiger partial charge in [-0.2, -0.15) is 4.98 Å². The standard InChI is InChI=1S/C21H20FN3O3/c1-14-7-9-15(10-8-14)20(26)25-11-3-4-16(13-25)19-23-21(24-28-19)27-18-6-2-5-17(22)12-18/h2,5-10,12,16H,3-4,11,13H2,1H3. The average molecular weight is 381 g/mol. The van der Waals surface area contributed by atoms with Gasteiger partial charge in [0.2, 0.25) is 5.89 Å². The van der Waals surface area contributed by atoms with Crippen molar-refractivity contribution in [3.05, 3.63) is 71.4 Å². The molecular formula is C21H20FN3O3. The van der Waals surface area contributed by atoms with E-state index in [-0.39, 0.29) is 17.8 Å². The number of nitrogens with zero attached hydrogens (tertiary/aromatic N) is 3. The summed E-state index contributed by atoms with van der Waals surface area (Å²) in [6.07, 6.45) is 1.70. The largest absolute Gasteiger partial charge is 0.422 e. The zero-order valence-corrected chi connectivity index (χ0v) is 15.5. The maximum absolute atomic E-state index is 13.3. The molecule has 1 amide bonds. The van der Waals surface area contributed by atoms with Gasteiger partial charge < -0.3 is 14.2 Å². The molecule has 1 aliphatic heterocycles. The van der Waals surface area contributed by atoms with Gasteiger partial charge in [-0.15, -0.1) is 0 Å². The molecule has 7 heteroatoms. The topological polar surface area (TPSA) is 68.5 Å². The minimum atomic E-state index is -0.404. The lowest BCUT2D eigenvalue weighted by Gasteiger charge is -2.31. The normalized spacial score (nSPS) is 16.8. The molecule has 6 nitrogen and oxygen atoms in total. The number of rotatable bonds is 4. The first kappa shape index (κ1) is 18.2. The van der Waals surface area contributed by atoms with Gasteiger partial charge in [-0.3, -0.25) is 4.79 Å². The number of carbonyl (C=O) groups excluding carboxylic acids is 1. The van der Waals surface area contributed by atoms with Gasteiger partial charge in [0.15, 0.2) is 0 Å². The molecule has 2 heterocycles. The molecule has 0 bridgehead atoms. The Labute approximate surface area is 161 Å². The van der Waals surface area contributed by atoms with E-state index in [2.05, 4.69) is 10.1 Å². The van der Waals surface area contributed by atoms with Gasteiger partial charge in [-0.25, -0.2) is 4.39 Å². The highest BCUT2D eigenvalue weighted by Crippen LogP contribution is 2.29. The molecule has 0 N–H and O–H groups in total. The van der Waals surface area contributed by atoms with Crippen LogP contribution in [0.5, 0.6) is 11.8 Å². The first-order valence-corrected chi connectivity index (χ1v) is 9.21. The molecule has 1 aromatic heterocycles. The van der Waals surface area contributed by atoms with E-state index in [4.69, 9.17) is 9.26 Å². The molecule has 28 heavy (non-hydrogen) atoms. The highest BCUT2D eigenvalue weighted by Gasteiger charge is 2.29. The van der Waals surface area contributed by atoms with Crippen LogP contribution in [0.4, 0.5) is 4.39 Å². The Hall–Kier alpha value is -3.22. The zero-order valence-electron chi connectivity index (χ0n) is 15.5. The van der Waals surface area contributed by atoms with Gasteiger partial charge in [0.1, 0.15) is 11.6 Å². The van der Waals surface area contributed by atoms with E-state index in [0.29, 0.717) is 30.3 Å². The van der Waals surface area contributed by atoms with Crippen molar-refractivity contribution in [2.75, 3.05) is 13.1 Å². The molecule has 144 valence electrons. The average Bonchev–Trinajstić information content (AvgIpc) is 3.17. The molecular weight excluding hydrogens is 361 g/mol. The van der Waals surface area contributed by atoms with Crippen LogP contribution in [0.2, 0.25) is 0 Å². The summed E-state index contributed by atoms with van der Waals surface area (Å²) in [6.45, 7) is 3.20. The number of carbonyl (C=O) groups is 1. The molecule has 4 rings (SSSR count). The first-order valence-electron chi connectivity index (χ1n) is 9.21. The second-order valence-corrected chi connectivity index (χ2v) is 6.93. The van der Waals surface area contributed by atoms with E-state index in [0.717, 1.165) is 18.4 Å². The summed E-state index contributed by atoms with van der Waals surface area (Å²) in [5.41, 5.74) is 1.79. The van der Waals surface area contributed by atoms with E-state index in [1.54, 1.807) is 12.1 Å². The third kappa shape index (κ3) is 4.03. The van der Waals surface area contributed by atoms with Gasteiger partial charge in [-0.1, -0.05) is 23.8 Å². The van der Waals surface area contributed by atoms with Gasteiger partial charge in [0, 0.05) is 24.7 Å². The van der Waals surface area contributed by atoms with Crippen molar-refractivity contribution < 1.29 is 18.4 Å². The smallest absolute Gasteiger partial charge is 0.359 e. The SMILES string of the molecule is Cc1ccc(C(=O)N2CCCC(c3nc(Oc4cccc(F)c4)no3)C2)cc1. The fraction of sp³-hybridized carbons (Fsp3) is 0.286. The van der Waals surface area contributed by atoms with Crippen LogP contribution >= 0.6 is 0 Å². The lowest BCUT2D eigenvalue weighted by atomic mass is 9.97. The van der Waals surface area contributed by atoms with Crippen LogP contribution in [0.25, 0.3) is 0 Å². The summed E-state index contributed by atoms with van der Waals surface area (Å²) in [6, 6.07) is 13.3. The van der Waals surface area contributed by atoms with Crippen LogP contribution in [0.3, 0.4) is 0 Å². The summed E-state index contributed by atoms with van der Waals surface area (Å²) < 4.78 is 24.1. The number of piperidine rings is 1. The Balaban J connectivity index is 1.44. The fourth-order valence-corrected chi connectivity index (χ4v) is 3.31. The summed E-state index contributed by atoms with van der Waals surface area (Å²) >= 11 is 0. The fourth-order valence-electron chi connectivity index (χ4n) is 3.31. The van der Waals surface area contributed by atoms with E-state index in [1.807, 2.05) is 36.1 Å². The molecule has 0 saturated carbocycles. The Morgan fingerprint density at radius 2 is 2.07 bits per heavy atom. The number of hydrogen-bond acceptors (Lipinski definition) is 5. The van der Waals surface area contributed by atoms with Crippen LogP contribution < -0.4 is 4.74 Å². The van der Waals surface area contributed by atoms with Gasteiger partial charge in [-0.05, 0) is 49.2 Å². The summed E-state index contributed by atoms with van der Waals surface area (Å²) in [5.74, 6) is 0.264. The Kier molecular flexibility index (Phi) is 5.06. The maximum atomic E-state index is 13.3. The predicted octanol–water partition coefficient (Wildman–Crippen LogP) is 4.33. The third-order valence-corrected chi connectivity index (χ3v) is 4.78. The monoisotopic (exact) mass is 381 g/mol. The number of ether oxygens (including phenoxy) is 1. The molecule has 1 fully saturated rings. The molecule has 0 radical (unpaired) electrons. The lowest BCUT2D eigenvalue weighted by molar-refractivity contribution is 0.0695. The van der Waals surface area contributed by atoms with Gasteiger partial charge >= 0.3 is 6.01 Å². The Morgan fingerprint density at radius 3 is 2.86 bits per heavy atom. The van der Waals surface area contributed by atoms with E-state index < -0.39 is 5.82 Å². The van der Waals surface area contributed by atoms with Crippen LogP contribution in [0, 0.1) is 12.7 Å². The van der Waals surface area contributed by atoms with Crippen molar-refractivity contribution in [3.8, 4) is 11.8 Å². The van der Waals surface area contributed by atoms with Crippen LogP contribution in [-0.2, 0) is 0 Å². The highest BCUT2D eigenvalue weighted by molar-refractivity contribution is 5.94. The summed E-state index contributed by atoms with van der Waals surface area (Å²) in [7, 11) is 0. The minimum absolute atomic E-state index is 0.000416. The van der Waals surface area contributed by atoms with E-state index in [1.165, 1.54) is 12.1 Å². The van der Waals surface area contributed by atoms with Crippen molar-refractivity contribution in [2.45, 2.75) is 25.7 Å². The molecule has 2 aromatic carbocycles. The number of benzene rings is 2. The highest BCUT2D eigenvalue weighted by atomic mass is 19.1. The van der Waals surface area contributed by atoms with Crippen molar-refractivity contribution in [1.82, 2.24) is 15.0 Å². The van der Waals surface area contributed by atoms with Crippen molar-refractivity contribution >= 4 is 5.91 Å². The number of likely N-dealkylation sites (tertiary alicyclic amines) is 1. The number of halogens is 1. The van der Waals surface area contributed by atoms with Gasteiger partial charge in [0.05, 0.1) is 5.92 Å². The van der Waals surface area contributed by atoms with Crippen molar-refractivity contribution in [1.29, 1.82) is 0 Å². The van der Waals surface area contributed by atoms with Crippen LogP contribution in [0.1, 0.15) is 40.6 Å². The molecule has 0 aliphatic carbocycles. The third-order valence-electron chi connectivity index (χ3n) is 4.78. The van der Waals surface area contributed by atoms with Crippen LogP contribution in [0.15, 0.2) is 53.1 Å². The predicted molar refractivity (Wildman–Crippen MR) is 99.8 cm³/mol. The Bertz CT molecular complexity index is 971. The quantitative estimate of drug-likeness (QED) is 0.673. The number of hydrogen-bond donors (Lipinski definition) is 0. The molecule has 0 spiro atoms. The number of amides is 1. The molecule has 1 unspecified atom stereocenters. The first-order chi connectivity index (χ1) is 13.6. The van der Waals surface area contributed by atoms with Crippen LogP contribution in [-0.4, -0.2) is 34.0 Å². The van der Waals surface area contributed by atoms with Crippen molar-refractivity contribution in [3.63, 3.8) is 0 Å². The minimum Gasteiger partial charge on any atom is -0.422 e. The van der Waals surface area contributed by atoms with Gasteiger partial charge in [0.25, 0.3) is 5.91 Å². The molecule has 1 aliphatic rings. The number of aromatic nitrogens is 2. The maximum Gasteiger partial charge on any atom is 0.359 e. The summed E-state index contributed by atoms with van der Waals surface area (Å²) in [5, 5.41) is 3.82. The molecule has 1 atom stereocenters. The zero-order chi connectivity index (χ0) is 19.5. The molecule has 3 aromatic rings. The second-order valence-electron chi connectivity index (χ2n) is 6.93.